The molecule has 4 heterocycles. The number of carbonyl (C=O) groups excluding carboxylic acids is 1. The fraction of sp³-hybridized carbons (Fsp3) is 0.231. The quantitative estimate of drug-likeness (QED) is 0.340. The topological polar surface area (TPSA) is 114 Å². The Bertz CT molecular complexity index is 1630. The lowest BCUT2D eigenvalue weighted by atomic mass is 10.1. The number of nitrogens with zero attached hydrogens (tertiary/aromatic N) is 6. The van der Waals surface area contributed by atoms with Crippen LogP contribution in [0.2, 0.25) is 0 Å². The molecular formula is C26H21F3N8O. The average Bonchev–Trinajstić information content (AvgIpc) is 3.65. The highest BCUT2D eigenvalue weighted by Gasteiger charge is 2.41. The van der Waals surface area contributed by atoms with Gasteiger partial charge in [-0.25, -0.2) is 32.8 Å². The molecule has 1 amide bonds. The van der Waals surface area contributed by atoms with Crippen LogP contribution < -0.4 is 5.32 Å². The van der Waals surface area contributed by atoms with E-state index in [1.54, 1.807) is 41.6 Å². The lowest BCUT2D eigenvalue weighted by Gasteiger charge is -2.08. The molecule has 1 aliphatic rings. The number of hydrogen-bond donors (Lipinski definition) is 2. The van der Waals surface area contributed by atoms with Gasteiger partial charge in [-0.05, 0) is 47.9 Å². The normalized spacial score (nSPS) is 16.7. The molecule has 1 fully saturated rings. The molecule has 1 unspecified atom stereocenters. The summed E-state index contributed by atoms with van der Waals surface area (Å²) in [6, 6.07) is 8.13. The number of amides is 1. The minimum atomic E-state index is -2.73. The first-order chi connectivity index (χ1) is 18.3. The molecule has 4 aromatic heterocycles. The molecule has 192 valence electrons. The fourth-order valence-electron chi connectivity index (χ4n) is 4.68. The summed E-state index contributed by atoms with van der Waals surface area (Å²) in [5, 5.41) is 7.07. The van der Waals surface area contributed by atoms with Gasteiger partial charge in [-0.2, -0.15) is 5.10 Å². The SMILES string of the molecule is O=C(NCc1cc(F)cc(-c2cnn(-c3cccnc3)c2)c1)c1ncnc2nc(C3CCC(F)(F)C3)[nH]c12. The van der Waals surface area contributed by atoms with Crippen LogP contribution in [0, 0.1) is 5.82 Å². The largest absolute Gasteiger partial charge is 0.347 e. The van der Waals surface area contributed by atoms with Crippen molar-refractivity contribution in [2.24, 2.45) is 0 Å². The Balaban J connectivity index is 1.20. The highest BCUT2D eigenvalue weighted by Crippen LogP contribution is 2.43. The Morgan fingerprint density at radius 3 is 2.87 bits per heavy atom. The Morgan fingerprint density at radius 1 is 1.18 bits per heavy atom. The minimum absolute atomic E-state index is 0.0294. The number of pyridine rings is 1. The molecule has 0 bridgehead atoms. The van der Waals surface area contributed by atoms with E-state index in [2.05, 4.69) is 35.3 Å². The van der Waals surface area contributed by atoms with Gasteiger partial charge < -0.3 is 10.3 Å². The number of alkyl halides is 2. The summed E-state index contributed by atoms with van der Waals surface area (Å²) in [6.07, 6.45) is 7.71. The second kappa shape index (κ2) is 9.36. The van der Waals surface area contributed by atoms with Crippen molar-refractivity contribution in [3.8, 4) is 16.8 Å². The van der Waals surface area contributed by atoms with Crippen LogP contribution in [0.25, 0.3) is 28.0 Å². The minimum Gasteiger partial charge on any atom is -0.347 e. The van der Waals surface area contributed by atoms with Crippen molar-refractivity contribution < 1.29 is 18.0 Å². The van der Waals surface area contributed by atoms with E-state index in [-0.39, 0.29) is 36.2 Å². The van der Waals surface area contributed by atoms with E-state index in [0.717, 1.165) is 5.69 Å². The maximum absolute atomic E-state index is 14.5. The summed E-state index contributed by atoms with van der Waals surface area (Å²) in [4.78, 5) is 32.5. The molecule has 2 N–H and O–H groups in total. The van der Waals surface area contributed by atoms with Crippen LogP contribution in [0.3, 0.4) is 0 Å². The Labute approximate surface area is 214 Å². The molecule has 1 aromatic carbocycles. The van der Waals surface area contributed by atoms with Crippen LogP contribution in [0.5, 0.6) is 0 Å². The molecule has 9 nitrogen and oxygen atoms in total. The molecule has 12 heteroatoms. The molecule has 5 aromatic rings. The predicted octanol–water partition coefficient (Wildman–Crippen LogP) is 4.57. The molecule has 38 heavy (non-hydrogen) atoms. The molecule has 1 saturated carbocycles. The van der Waals surface area contributed by atoms with Gasteiger partial charge in [0, 0.05) is 43.3 Å². The molecule has 0 radical (unpaired) electrons. The summed E-state index contributed by atoms with van der Waals surface area (Å²) in [7, 11) is 0. The first-order valence-corrected chi connectivity index (χ1v) is 12.0. The number of imidazole rings is 1. The predicted molar refractivity (Wildman–Crippen MR) is 131 cm³/mol. The van der Waals surface area contributed by atoms with Gasteiger partial charge in [-0.3, -0.25) is 9.78 Å². The first kappa shape index (κ1) is 23.8. The molecular weight excluding hydrogens is 497 g/mol. The van der Waals surface area contributed by atoms with Crippen LogP contribution in [0.4, 0.5) is 13.2 Å². The van der Waals surface area contributed by atoms with Crippen molar-refractivity contribution in [3.05, 3.63) is 84.3 Å². The van der Waals surface area contributed by atoms with Crippen LogP contribution in [-0.2, 0) is 6.54 Å². The zero-order valence-electron chi connectivity index (χ0n) is 19.9. The number of H-pyrrole nitrogens is 1. The van der Waals surface area contributed by atoms with Crippen LogP contribution in [0.1, 0.15) is 47.1 Å². The second-order valence-corrected chi connectivity index (χ2v) is 9.25. The van der Waals surface area contributed by atoms with Crippen molar-refractivity contribution in [3.63, 3.8) is 0 Å². The fourth-order valence-corrected chi connectivity index (χ4v) is 4.68. The third-order valence-electron chi connectivity index (χ3n) is 6.55. The standard InChI is InChI=1S/C26H21F3N8O/c27-19-7-15(6-17(8-19)18-11-34-37(13-18)20-2-1-5-30-12-20)10-31-25(38)22-21-24(33-14-32-22)36-23(35-21)16-3-4-26(28,29)9-16/h1-2,5-8,11-14,16H,3-4,9-10H2,(H,31,38)(H,32,33,35,36). The molecule has 0 saturated heterocycles. The number of benzene rings is 1. The van der Waals surface area contributed by atoms with Gasteiger partial charge in [-0.1, -0.05) is 0 Å². The third-order valence-corrected chi connectivity index (χ3v) is 6.55. The lowest BCUT2D eigenvalue weighted by Crippen LogP contribution is -2.24. The molecule has 1 atom stereocenters. The van der Waals surface area contributed by atoms with E-state index >= 15 is 0 Å². The van der Waals surface area contributed by atoms with E-state index < -0.39 is 23.6 Å². The van der Waals surface area contributed by atoms with Crippen molar-refractivity contribution in [2.75, 3.05) is 0 Å². The smallest absolute Gasteiger partial charge is 0.272 e. The third kappa shape index (κ3) is 4.72. The summed E-state index contributed by atoms with van der Waals surface area (Å²) >= 11 is 0. The maximum Gasteiger partial charge on any atom is 0.272 e. The van der Waals surface area contributed by atoms with Gasteiger partial charge in [0.05, 0.1) is 18.1 Å². The number of fused-ring (bicyclic) bond motifs is 1. The van der Waals surface area contributed by atoms with Gasteiger partial charge in [0.15, 0.2) is 11.3 Å². The van der Waals surface area contributed by atoms with Crippen molar-refractivity contribution in [1.29, 1.82) is 0 Å². The van der Waals surface area contributed by atoms with Gasteiger partial charge >= 0.3 is 0 Å². The van der Waals surface area contributed by atoms with Crippen molar-refractivity contribution in [1.82, 2.24) is 40.0 Å². The Morgan fingerprint density at radius 2 is 2.08 bits per heavy atom. The average molecular weight is 519 g/mol. The van der Waals surface area contributed by atoms with E-state index in [9.17, 15) is 18.0 Å². The summed E-state index contributed by atoms with van der Waals surface area (Å²) in [5.41, 5.74) is 3.13. The number of rotatable bonds is 6. The van der Waals surface area contributed by atoms with Gasteiger partial charge in [-0.15, -0.1) is 0 Å². The highest BCUT2D eigenvalue weighted by molar-refractivity contribution is 6.02. The zero-order valence-corrected chi connectivity index (χ0v) is 19.9. The Hall–Kier alpha value is -4.61. The molecule has 1 aliphatic carbocycles. The van der Waals surface area contributed by atoms with E-state index in [1.165, 1.54) is 18.5 Å². The molecule has 0 aliphatic heterocycles. The summed E-state index contributed by atoms with van der Waals surface area (Å²) in [5.74, 6) is -3.79. The monoisotopic (exact) mass is 518 g/mol. The van der Waals surface area contributed by atoms with Crippen molar-refractivity contribution in [2.45, 2.75) is 37.6 Å². The van der Waals surface area contributed by atoms with E-state index in [0.29, 0.717) is 28.9 Å². The van der Waals surface area contributed by atoms with Crippen molar-refractivity contribution >= 4 is 17.1 Å². The number of nitrogens with one attached hydrogen (secondary N) is 2. The van der Waals surface area contributed by atoms with Crippen LogP contribution >= 0.6 is 0 Å². The molecule has 6 rings (SSSR count). The number of aromatic amines is 1. The van der Waals surface area contributed by atoms with E-state index in [1.807, 2.05) is 6.07 Å². The Kier molecular flexibility index (Phi) is 5.86. The molecule has 0 spiro atoms. The number of halogens is 3. The lowest BCUT2D eigenvalue weighted by molar-refractivity contribution is 0.00755. The number of hydrogen-bond acceptors (Lipinski definition) is 6. The number of aromatic nitrogens is 7. The highest BCUT2D eigenvalue weighted by atomic mass is 19.3. The van der Waals surface area contributed by atoms with Gasteiger partial charge in [0.25, 0.3) is 5.91 Å². The zero-order chi connectivity index (χ0) is 26.3. The van der Waals surface area contributed by atoms with Crippen LogP contribution in [-0.4, -0.2) is 46.5 Å². The maximum atomic E-state index is 14.5. The summed E-state index contributed by atoms with van der Waals surface area (Å²) < 4.78 is 43.5. The van der Waals surface area contributed by atoms with Gasteiger partial charge in [0.1, 0.15) is 23.5 Å². The van der Waals surface area contributed by atoms with Gasteiger partial charge in [0.2, 0.25) is 5.92 Å². The first-order valence-electron chi connectivity index (χ1n) is 12.0. The number of carbonyl (C=O) groups is 1. The summed E-state index contributed by atoms with van der Waals surface area (Å²) in [6.45, 7) is 0.0294. The second-order valence-electron chi connectivity index (χ2n) is 9.25. The van der Waals surface area contributed by atoms with E-state index in [4.69, 9.17) is 0 Å². The van der Waals surface area contributed by atoms with Crippen LogP contribution in [0.15, 0.2) is 61.4 Å².